The van der Waals surface area contributed by atoms with Crippen LogP contribution >= 0.6 is 15.9 Å². The van der Waals surface area contributed by atoms with Gasteiger partial charge in [0.05, 0.1) is 0 Å². The van der Waals surface area contributed by atoms with Gasteiger partial charge >= 0.3 is 0 Å². The lowest BCUT2D eigenvalue weighted by Gasteiger charge is -1.96. The highest BCUT2D eigenvalue weighted by molar-refractivity contribution is 9.10. The first-order valence-corrected chi connectivity index (χ1v) is 4.27. The average Bonchev–Trinajstić information content (AvgIpc) is 2.03. The van der Waals surface area contributed by atoms with Crippen molar-refractivity contribution in [3.05, 3.63) is 29.0 Å². The highest BCUT2D eigenvalue weighted by Crippen LogP contribution is 1.99. The van der Waals surface area contributed by atoms with Crippen LogP contribution in [0.3, 0.4) is 0 Å². The van der Waals surface area contributed by atoms with Gasteiger partial charge in [-0.2, -0.15) is 4.57 Å². The smallest absolute Gasteiger partial charge is 0.247 e. The lowest BCUT2D eigenvalue weighted by atomic mass is 10.5. The normalized spacial score (nSPS) is 9.17. The lowest BCUT2D eigenvalue weighted by Crippen LogP contribution is -3.00. The number of nitrogens with zero attached hydrogens (tertiary/aromatic N) is 1. The topological polar surface area (TPSA) is 13.1 Å². The Labute approximate surface area is 87.1 Å². The van der Waals surface area contributed by atoms with E-state index < -0.39 is 0 Å². The molecule has 0 aliphatic rings. The van der Waals surface area contributed by atoms with Crippen molar-refractivity contribution in [2.75, 3.05) is 13.7 Å². The maximum atomic E-state index is 4.96. The van der Waals surface area contributed by atoms with E-state index in [2.05, 4.69) is 20.5 Å². The predicted octanol–water partition coefficient (Wildman–Crippen LogP) is -1.61. The zero-order valence-corrected chi connectivity index (χ0v) is 9.18. The van der Waals surface area contributed by atoms with Crippen LogP contribution in [0.1, 0.15) is 0 Å². The fraction of sp³-hybridized carbons (Fsp3) is 0.375. The molecule has 1 rings (SSSR count). The average molecular weight is 253 g/mol. The van der Waals surface area contributed by atoms with Crippen molar-refractivity contribution in [2.45, 2.75) is 6.54 Å². The molecule has 0 saturated heterocycles. The number of aromatic nitrogens is 1. The summed E-state index contributed by atoms with van der Waals surface area (Å²) in [7, 11) is 1.71. The summed E-state index contributed by atoms with van der Waals surface area (Å²) in [5.74, 6) is 0. The van der Waals surface area contributed by atoms with E-state index >= 15 is 0 Å². The van der Waals surface area contributed by atoms with Crippen LogP contribution < -0.4 is 17.0 Å². The van der Waals surface area contributed by atoms with Gasteiger partial charge in [0.15, 0.2) is 12.7 Å². The molecule has 68 valence electrons. The van der Waals surface area contributed by atoms with Crippen LogP contribution in [-0.4, -0.2) is 13.7 Å². The first kappa shape index (κ1) is 11.9. The Balaban J connectivity index is 0.00000121. The predicted molar refractivity (Wildman–Crippen MR) is 46.2 cm³/mol. The summed E-state index contributed by atoms with van der Waals surface area (Å²) in [6.45, 7) is 1.63. The molecule has 0 amide bonds. The van der Waals surface area contributed by atoms with E-state index in [0.717, 1.165) is 17.8 Å². The van der Waals surface area contributed by atoms with Crippen LogP contribution in [0.15, 0.2) is 29.0 Å². The van der Waals surface area contributed by atoms with Gasteiger partial charge < -0.3 is 17.1 Å². The molecule has 1 heterocycles. The van der Waals surface area contributed by atoms with E-state index in [-0.39, 0.29) is 12.4 Å². The van der Waals surface area contributed by atoms with Crippen LogP contribution in [0.2, 0.25) is 0 Å². The fourth-order valence-electron chi connectivity index (χ4n) is 0.826. The van der Waals surface area contributed by atoms with Gasteiger partial charge in [0.1, 0.15) is 6.61 Å². The molecule has 2 nitrogen and oxygen atoms in total. The monoisotopic (exact) mass is 251 g/mol. The Bertz CT molecular complexity index is 232. The molecule has 0 aliphatic heterocycles. The van der Waals surface area contributed by atoms with Crippen molar-refractivity contribution in [3.63, 3.8) is 0 Å². The second kappa shape index (κ2) is 6.40. The molecule has 1 aromatic rings. The van der Waals surface area contributed by atoms with Crippen molar-refractivity contribution < 1.29 is 21.7 Å². The molecule has 0 saturated carbocycles. The van der Waals surface area contributed by atoms with Gasteiger partial charge in [0, 0.05) is 35.2 Å². The Morgan fingerprint density at radius 2 is 2.25 bits per heavy atom. The highest BCUT2D eigenvalue weighted by atomic mass is 79.9. The molecule has 0 radical (unpaired) electrons. The van der Waals surface area contributed by atoms with Crippen LogP contribution in [0.4, 0.5) is 0 Å². The fourth-order valence-corrected chi connectivity index (χ4v) is 1.27. The van der Waals surface area contributed by atoms with Crippen LogP contribution in [0, 0.1) is 0 Å². The molecule has 0 bridgehead atoms. The highest BCUT2D eigenvalue weighted by Gasteiger charge is 2.03. The third kappa shape index (κ3) is 3.52. The quantitative estimate of drug-likeness (QED) is 0.466. The molecule has 0 spiro atoms. The van der Waals surface area contributed by atoms with Gasteiger partial charge in [-0.3, -0.25) is 0 Å². The summed E-state index contributed by atoms with van der Waals surface area (Å²) in [5.41, 5.74) is 0. The molecule has 12 heavy (non-hydrogen) atoms. The molecule has 0 aliphatic carbocycles. The van der Waals surface area contributed by atoms with Crippen molar-refractivity contribution >= 4 is 15.9 Å². The maximum Gasteiger partial charge on any atom is 0.247 e. The first-order valence-electron chi connectivity index (χ1n) is 3.47. The Morgan fingerprint density at radius 3 is 2.83 bits per heavy atom. The maximum absolute atomic E-state index is 4.96. The number of ether oxygens (including phenoxy) is 1. The number of rotatable bonds is 3. The molecule has 0 aromatic carbocycles. The van der Waals surface area contributed by atoms with Gasteiger partial charge in [0.25, 0.3) is 0 Å². The molecule has 0 fully saturated rings. The SMILES string of the molecule is COCC[n+]1ccccc1Br.[Cl-]. The molecular formula is C8H11BrClNO. The van der Waals surface area contributed by atoms with Gasteiger partial charge in [-0.1, -0.05) is 0 Å². The molecule has 4 heteroatoms. The third-order valence-electron chi connectivity index (χ3n) is 1.42. The number of pyridine rings is 1. The van der Waals surface area contributed by atoms with E-state index in [9.17, 15) is 0 Å². The van der Waals surface area contributed by atoms with Crippen molar-refractivity contribution in [1.82, 2.24) is 0 Å². The van der Waals surface area contributed by atoms with Crippen LogP contribution in [0.5, 0.6) is 0 Å². The summed E-state index contributed by atoms with van der Waals surface area (Å²) in [5, 5.41) is 0. The standard InChI is InChI=1S/C8H11BrNO.ClH/c1-11-7-6-10-5-3-2-4-8(10)9;/h2-5H,6-7H2,1H3;1H/q+1;/p-1. The minimum atomic E-state index is 0. The molecule has 0 atom stereocenters. The second-order valence-corrected chi connectivity index (χ2v) is 3.02. The molecule has 1 aromatic heterocycles. The number of hydrogen-bond acceptors (Lipinski definition) is 1. The first-order chi connectivity index (χ1) is 5.34. The van der Waals surface area contributed by atoms with Gasteiger partial charge in [0.2, 0.25) is 4.60 Å². The summed E-state index contributed by atoms with van der Waals surface area (Å²) in [6, 6.07) is 6.00. The van der Waals surface area contributed by atoms with Crippen LogP contribution in [-0.2, 0) is 11.3 Å². The summed E-state index contributed by atoms with van der Waals surface area (Å²) in [6.07, 6.45) is 2.02. The summed E-state index contributed by atoms with van der Waals surface area (Å²) < 4.78 is 8.13. The Kier molecular flexibility index (Phi) is 6.34. The molecular weight excluding hydrogens is 241 g/mol. The second-order valence-electron chi connectivity index (χ2n) is 2.21. The van der Waals surface area contributed by atoms with E-state index in [1.807, 2.05) is 24.4 Å². The van der Waals surface area contributed by atoms with E-state index in [0.29, 0.717) is 0 Å². The number of hydrogen-bond donors (Lipinski definition) is 0. The van der Waals surface area contributed by atoms with Gasteiger partial charge in [-0.25, -0.2) is 0 Å². The van der Waals surface area contributed by atoms with Crippen LogP contribution in [0.25, 0.3) is 0 Å². The largest absolute Gasteiger partial charge is 1.00 e. The molecule has 0 unspecified atom stereocenters. The van der Waals surface area contributed by atoms with E-state index in [1.54, 1.807) is 7.11 Å². The molecule has 0 N–H and O–H groups in total. The van der Waals surface area contributed by atoms with Crippen molar-refractivity contribution in [2.24, 2.45) is 0 Å². The zero-order chi connectivity index (χ0) is 8.10. The zero-order valence-electron chi connectivity index (χ0n) is 6.84. The minimum Gasteiger partial charge on any atom is -1.00 e. The Hall–Kier alpha value is -0.120. The van der Waals surface area contributed by atoms with Gasteiger partial charge in [-0.05, 0) is 6.07 Å². The van der Waals surface area contributed by atoms with Crippen molar-refractivity contribution in [1.29, 1.82) is 0 Å². The minimum absolute atomic E-state index is 0. The third-order valence-corrected chi connectivity index (χ3v) is 2.14. The van der Waals surface area contributed by atoms with Gasteiger partial charge in [-0.15, -0.1) is 0 Å². The van der Waals surface area contributed by atoms with Crippen molar-refractivity contribution in [3.8, 4) is 0 Å². The number of halogens is 2. The van der Waals surface area contributed by atoms with E-state index in [1.165, 1.54) is 0 Å². The summed E-state index contributed by atoms with van der Waals surface area (Å²) >= 11 is 3.43. The Morgan fingerprint density at radius 1 is 1.50 bits per heavy atom. The lowest BCUT2D eigenvalue weighted by molar-refractivity contribution is -0.708. The summed E-state index contributed by atoms with van der Waals surface area (Å²) in [4.78, 5) is 0. The van der Waals surface area contributed by atoms with E-state index in [4.69, 9.17) is 4.74 Å². The number of methoxy groups -OCH3 is 1.